The first-order valence-corrected chi connectivity index (χ1v) is 12.7. The molecule has 0 saturated heterocycles. The summed E-state index contributed by atoms with van der Waals surface area (Å²) >= 11 is 0. The van der Waals surface area contributed by atoms with Gasteiger partial charge in [0.05, 0.1) is 29.2 Å². The molecule has 0 bridgehead atoms. The molecule has 0 aliphatic carbocycles. The second-order valence-corrected chi connectivity index (χ2v) is 9.52. The Balaban J connectivity index is 1.73. The molecular weight excluding hydrogens is 504 g/mol. The SMILES string of the molecule is CC1=C(C(=O)OC(C)C)C(c2cccc([N+](=O)[O-])c2)N(CCCN(C)C(=O)COCc2ccccc2)C(=O)N1. The molecule has 1 unspecified atom stereocenters. The molecule has 1 aliphatic heterocycles. The molecule has 208 valence electrons. The van der Waals surface area contributed by atoms with Crippen LogP contribution in [0.25, 0.3) is 0 Å². The molecule has 1 heterocycles. The summed E-state index contributed by atoms with van der Waals surface area (Å²) < 4.78 is 11.0. The third kappa shape index (κ3) is 7.87. The van der Waals surface area contributed by atoms with Gasteiger partial charge in [-0.1, -0.05) is 42.5 Å². The number of non-ortho nitro benzene ring substituents is 1. The smallest absolute Gasteiger partial charge is 0.338 e. The van der Waals surface area contributed by atoms with Crippen molar-refractivity contribution in [2.24, 2.45) is 0 Å². The molecule has 3 amide bonds. The van der Waals surface area contributed by atoms with E-state index in [9.17, 15) is 24.5 Å². The average molecular weight is 539 g/mol. The lowest BCUT2D eigenvalue weighted by Crippen LogP contribution is -2.49. The fraction of sp³-hybridized carbons (Fsp3) is 0.393. The standard InChI is InChI=1S/C28H34N4O7/c1-19(2)39-27(34)25-20(3)29-28(35)31(26(25)22-12-8-13-23(16-22)32(36)37)15-9-14-30(4)24(33)18-38-17-21-10-6-5-7-11-21/h5-8,10-13,16,19,26H,9,14-15,17-18H2,1-4H3,(H,29,35). The minimum Gasteiger partial charge on any atom is -0.459 e. The average Bonchev–Trinajstić information content (AvgIpc) is 2.89. The molecule has 0 fully saturated rings. The van der Waals surface area contributed by atoms with E-state index in [-0.39, 0.29) is 30.3 Å². The molecule has 3 rings (SSSR count). The van der Waals surface area contributed by atoms with Crippen molar-refractivity contribution in [2.75, 3.05) is 26.7 Å². The van der Waals surface area contributed by atoms with E-state index in [1.54, 1.807) is 33.9 Å². The fourth-order valence-electron chi connectivity index (χ4n) is 4.25. The van der Waals surface area contributed by atoms with Crippen molar-refractivity contribution in [3.8, 4) is 0 Å². The monoisotopic (exact) mass is 538 g/mol. The molecule has 1 N–H and O–H groups in total. The summed E-state index contributed by atoms with van der Waals surface area (Å²) in [5.41, 5.74) is 1.73. The predicted molar refractivity (Wildman–Crippen MR) is 143 cm³/mol. The summed E-state index contributed by atoms with van der Waals surface area (Å²) in [5, 5.41) is 14.1. The van der Waals surface area contributed by atoms with Crippen LogP contribution in [0, 0.1) is 10.1 Å². The fourth-order valence-corrected chi connectivity index (χ4v) is 4.25. The van der Waals surface area contributed by atoms with Crippen LogP contribution in [0.5, 0.6) is 0 Å². The number of nitrogens with zero attached hydrogens (tertiary/aromatic N) is 3. The van der Waals surface area contributed by atoms with Gasteiger partial charge in [0.1, 0.15) is 6.61 Å². The van der Waals surface area contributed by atoms with Crippen molar-refractivity contribution >= 4 is 23.6 Å². The van der Waals surface area contributed by atoms with E-state index >= 15 is 0 Å². The van der Waals surface area contributed by atoms with Gasteiger partial charge in [0.2, 0.25) is 5.91 Å². The van der Waals surface area contributed by atoms with Gasteiger partial charge < -0.3 is 24.6 Å². The lowest BCUT2D eigenvalue weighted by Gasteiger charge is -2.38. The number of benzene rings is 2. The predicted octanol–water partition coefficient (Wildman–Crippen LogP) is 3.95. The number of allylic oxidation sites excluding steroid dienone is 1. The van der Waals surface area contributed by atoms with Crippen molar-refractivity contribution in [3.63, 3.8) is 0 Å². The Hall–Kier alpha value is -4.25. The number of nitrogens with one attached hydrogen (secondary N) is 1. The van der Waals surface area contributed by atoms with Crippen molar-refractivity contribution in [3.05, 3.63) is 87.1 Å². The van der Waals surface area contributed by atoms with Crippen molar-refractivity contribution in [2.45, 2.75) is 45.9 Å². The van der Waals surface area contributed by atoms with Crippen molar-refractivity contribution < 1.29 is 28.8 Å². The van der Waals surface area contributed by atoms with Crippen LogP contribution < -0.4 is 5.32 Å². The maximum absolute atomic E-state index is 13.1. The zero-order valence-electron chi connectivity index (χ0n) is 22.6. The summed E-state index contributed by atoms with van der Waals surface area (Å²) in [6, 6.07) is 14.0. The lowest BCUT2D eigenvalue weighted by atomic mass is 9.93. The van der Waals surface area contributed by atoms with Crippen LogP contribution in [0.3, 0.4) is 0 Å². The number of hydrogen-bond donors (Lipinski definition) is 1. The Morgan fingerprint density at radius 1 is 1.15 bits per heavy atom. The molecular formula is C28H34N4O7. The summed E-state index contributed by atoms with van der Waals surface area (Å²) in [7, 11) is 1.65. The van der Waals surface area contributed by atoms with Gasteiger partial charge in [-0.2, -0.15) is 0 Å². The Bertz CT molecular complexity index is 1230. The number of rotatable bonds is 12. The van der Waals surface area contributed by atoms with Gasteiger partial charge in [-0.25, -0.2) is 9.59 Å². The second kappa shape index (κ2) is 13.5. The molecule has 0 aromatic heterocycles. The van der Waals surface area contributed by atoms with Gasteiger partial charge in [0.15, 0.2) is 0 Å². The molecule has 0 radical (unpaired) electrons. The Morgan fingerprint density at radius 2 is 1.87 bits per heavy atom. The van der Waals surface area contributed by atoms with E-state index in [4.69, 9.17) is 9.47 Å². The highest BCUT2D eigenvalue weighted by atomic mass is 16.6. The van der Waals surface area contributed by atoms with Gasteiger partial charge in [0.25, 0.3) is 5.69 Å². The zero-order chi connectivity index (χ0) is 28.5. The number of likely N-dealkylation sites (N-methyl/N-ethyl adjacent to an activating group) is 1. The maximum atomic E-state index is 13.1. The number of amides is 3. The highest BCUT2D eigenvalue weighted by Crippen LogP contribution is 2.36. The highest BCUT2D eigenvalue weighted by Gasteiger charge is 2.39. The van der Waals surface area contributed by atoms with Crippen LogP contribution in [0.2, 0.25) is 0 Å². The van der Waals surface area contributed by atoms with E-state index in [1.165, 1.54) is 28.0 Å². The molecule has 2 aromatic rings. The third-order valence-corrected chi connectivity index (χ3v) is 6.16. The number of urea groups is 1. The summed E-state index contributed by atoms with van der Waals surface area (Å²) in [4.78, 5) is 52.6. The minimum atomic E-state index is -0.903. The van der Waals surface area contributed by atoms with Crippen LogP contribution in [-0.4, -0.2) is 65.5 Å². The Kier molecular flexibility index (Phi) is 10.2. The number of hydrogen-bond acceptors (Lipinski definition) is 7. The van der Waals surface area contributed by atoms with Gasteiger partial charge >= 0.3 is 12.0 Å². The first kappa shape index (κ1) is 29.3. The van der Waals surface area contributed by atoms with E-state index in [1.807, 2.05) is 30.3 Å². The number of nitro benzene ring substituents is 1. The molecule has 11 heteroatoms. The zero-order valence-corrected chi connectivity index (χ0v) is 22.6. The van der Waals surface area contributed by atoms with Crippen LogP contribution in [0.1, 0.15) is 44.4 Å². The van der Waals surface area contributed by atoms with Gasteiger partial charge in [-0.3, -0.25) is 14.9 Å². The Morgan fingerprint density at radius 3 is 2.54 bits per heavy atom. The molecule has 0 saturated carbocycles. The topological polar surface area (TPSA) is 131 Å². The Labute approximate surface area is 227 Å². The lowest BCUT2D eigenvalue weighted by molar-refractivity contribution is -0.384. The number of esters is 1. The molecule has 39 heavy (non-hydrogen) atoms. The largest absolute Gasteiger partial charge is 0.459 e. The summed E-state index contributed by atoms with van der Waals surface area (Å²) in [6.45, 7) is 5.76. The van der Waals surface area contributed by atoms with Crippen LogP contribution in [-0.2, 0) is 25.7 Å². The van der Waals surface area contributed by atoms with E-state index < -0.39 is 29.1 Å². The van der Waals surface area contributed by atoms with Gasteiger partial charge in [-0.15, -0.1) is 0 Å². The number of ether oxygens (including phenoxy) is 2. The first-order valence-electron chi connectivity index (χ1n) is 12.7. The molecule has 11 nitrogen and oxygen atoms in total. The van der Waals surface area contributed by atoms with Gasteiger partial charge in [0, 0.05) is 38.0 Å². The number of carbonyl (C=O) groups is 3. The van der Waals surface area contributed by atoms with E-state index in [0.717, 1.165) is 5.56 Å². The second-order valence-electron chi connectivity index (χ2n) is 9.52. The molecule has 2 aromatic carbocycles. The van der Waals surface area contributed by atoms with E-state index in [0.29, 0.717) is 30.8 Å². The summed E-state index contributed by atoms with van der Waals surface area (Å²) in [5.74, 6) is -0.826. The normalized spacial score (nSPS) is 15.3. The third-order valence-electron chi connectivity index (χ3n) is 6.16. The quantitative estimate of drug-likeness (QED) is 0.246. The van der Waals surface area contributed by atoms with E-state index in [2.05, 4.69) is 5.32 Å². The molecule has 1 atom stereocenters. The molecule has 0 spiro atoms. The van der Waals surface area contributed by atoms with Crippen LogP contribution >= 0.6 is 0 Å². The van der Waals surface area contributed by atoms with Crippen LogP contribution in [0.15, 0.2) is 65.9 Å². The van der Waals surface area contributed by atoms with Crippen LogP contribution in [0.4, 0.5) is 10.5 Å². The molecule has 1 aliphatic rings. The summed E-state index contributed by atoms with van der Waals surface area (Å²) in [6.07, 6.45) is -0.0101. The van der Waals surface area contributed by atoms with Crippen molar-refractivity contribution in [1.29, 1.82) is 0 Å². The maximum Gasteiger partial charge on any atom is 0.338 e. The highest BCUT2D eigenvalue weighted by molar-refractivity contribution is 5.95. The first-order chi connectivity index (χ1) is 18.6. The number of carbonyl (C=O) groups excluding carboxylic acids is 3. The van der Waals surface area contributed by atoms with Crippen molar-refractivity contribution in [1.82, 2.24) is 15.1 Å². The number of nitro groups is 1. The van der Waals surface area contributed by atoms with Gasteiger partial charge in [-0.05, 0) is 38.3 Å². The minimum absolute atomic E-state index is 0.0843.